The number of nitrogens with one attached hydrogen (secondary N) is 2. The van der Waals surface area contributed by atoms with E-state index in [1.54, 1.807) is 30.3 Å². The number of nitrogens with zero attached hydrogens (tertiary/aromatic N) is 2. The molecular formula is C26H30N4O5. The summed E-state index contributed by atoms with van der Waals surface area (Å²) in [6.45, 7) is 5.63. The van der Waals surface area contributed by atoms with Crippen molar-refractivity contribution in [2.45, 2.75) is 58.1 Å². The van der Waals surface area contributed by atoms with Gasteiger partial charge >= 0.3 is 5.69 Å². The second-order valence-corrected chi connectivity index (χ2v) is 9.76. The number of rotatable bonds is 8. The number of hydrogen-bond donors (Lipinski definition) is 2. The van der Waals surface area contributed by atoms with Crippen LogP contribution in [0.3, 0.4) is 0 Å². The number of ether oxygens (including phenoxy) is 2. The van der Waals surface area contributed by atoms with Gasteiger partial charge in [0.1, 0.15) is 12.4 Å². The number of carbonyl (C=O) groups is 1. The predicted molar refractivity (Wildman–Crippen MR) is 132 cm³/mol. The van der Waals surface area contributed by atoms with Crippen molar-refractivity contribution in [3.63, 3.8) is 0 Å². The average Bonchev–Trinajstić information content (AvgIpc) is 3.55. The van der Waals surface area contributed by atoms with E-state index in [2.05, 4.69) is 15.3 Å². The molecule has 2 fully saturated rings. The molecule has 1 aliphatic heterocycles. The summed E-state index contributed by atoms with van der Waals surface area (Å²) in [5, 5.41) is 3.00. The first kappa shape index (κ1) is 23.3. The fraction of sp³-hybridized carbons (Fsp3) is 0.462. The number of hydrogen-bond acceptors (Lipinski definition) is 6. The Morgan fingerprint density at radius 1 is 1.23 bits per heavy atom. The summed E-state index contributed by atoms with van der Waals surface area (Å²) < 4.78 is 12.8. The Balaban J connectivity index is 1.44. The third kappa shape index (κ3) is 5.14. The van der Waals surface area contributed by atoms with E-state index in [-0.39, 0.29) is 34.5 Å². The first-order chi connectivity index (χ1) is 16.9. The quantitative estimate of drug-likeness (QED) is 0.513. The van der Waals surface area contributed by atoms with Crippen molar-refractivity contribution in [3.8, 4) is 5.75 Å². The van der Waals surface area contributed by atoms with Crippen LogP contribution in [-0.4, -0.2) is 39.8 Å². The highest BCUT2D eigenvalue weighted by Crippen LogP contribution is 2.40. The maximum atomic E-state index is 13.4. The van der Waals surface area contributed by atoms with Crippen molar-refractivity contribution in [1.29, 1.82) is 0 Å². The zero-order valence-electron chi connectivity index (χ0n) is 20.0. The Kier molecular flexibility index (Phi) is 6.42. The summed E-state index contributed by atoms with van der Waals surface area (Å²) in [6, 6.07) is 8.78. The van der Waals surface area contributed by atoms with Gasteiger partial charge in [0.15, 0.2) is 5.65 Å². The lowest BCUT2D eigenvalue weighted by atomic mass is 10.1. The maximum Gasteiger partial charge on any atom is 0.330 e. The minimum atomic E-state index is -0.608. The molecule has 1 atom stereocenters. The van der Waals surface area contributed by atoms with Crippen LogP contribution >= 0.6 is 0 Å². The van der Waals surface area contributed by atoms with Crippen molar-refractivity contribution < 1.29 is 14.3 Å². The van der Waals surface area contributed by atoms with Crippen molar-refractivity contribution in [2.24, 2.45) is 5.92 Å². The molecule has 1 saturated heterocycles. The van der Waals surface area contributed by atoms with Crippen LogP contribution in [0.4, 0.5) is 5.69 Å². The molecule has 1 amide bonds. The molecule has 5 rings (SSSR count). The first-order valence-electron chi connectivity index (χ1n) is 12.2. The third-order valence-corrected chi connectivity index (χ3v) is 6.33. The van der Waals surface area contributed by atoms with Crippen LogP contribution in [-0.2, 0) is 11.3 Å². The number of carbonyl (C=O) groups excluding carboxylic acids is 1. The summed E-state index contributed by atoms with van der Waals surface area (Å²) in [7, 11) is 0. The monoisotopic (exact) mass is 478 g/mol. The lowest BCUT2D eigenvalue weighted by Gasteiger charge is -2.15. The van der Waals surface area contributed by atoms with E-state index in [4.69, 9.17) is 9.47 Å². The van der Waals surface area contributed by atoms with E-state index in [1.807, 2.05) is 13.8 Å². The van der Waals surface area contributed by atoms with Crippen molar-refractivity contribution in [2.75, 3.05) is 18.5 Å². The van der Waals surface area contributed by atoms with Crippen molar-refractivity contribution in [3.05, 3.63) is 62.4 Å². The largest absolute Gasteiger partial charge is 0.491 e. The molecule has 9 nitrogen and oxygen atoms in total. The number of fused-ring (bicyclic) bond motifs is 1. The second kappa shape index (κ2) is 9.65. The number of aromatic amines is 1. The molecule has 3 heterocycles. The van der Waals surface area contributed by atoms with Crippen LogP contribution < -0.4 is 21.3 Å². The summed E-state index contributed by atoms with van der Waals surface area (Å²) >= 11 is 0. The van der Waals surface area contributed by atoms with Gasteiger partial charge in [-0.25, -0.2) is 9.78 Å². The number of amides is 1. The van der Waals surface area contributed by atoms with Crippen molar-refractivity contribution in [1.82, 2.24) is 14.5 Å². The average molecular weight is 479 g/mol. The Morgan fingerprint density at radius 2 is 2.00 bits per heavy atom. The molecular weight excluding hydrogens is 448 g/mol. The summed E-state index contributed by atoms with van der Waals surface area (Å²) in [6.07, 6.45) is 4.14. The minimum absolute atomic E-state index is 0.126. The van der Waals surface area contributed by atoms with Crippen LogP contribution in [0.15, 0.2) is 39.9 Å². The van der Waals surface area contributed by atoms with Gasteiger partial charge in [0, 0.05) is 30.5 Å². The normalized spacial score (nSPS) is 17.7. The van der Waals surface area contributed by atoms with Gasteiger partial charge in [0.2, 0.25) is 0 Å². The van der Waals surface area contributed by atoms with E-state index in [1.165, 1.54) is 4.57 Å². The molecule has 1 unspecified atom stereocenters. The molecule has 0 bridgehead atoms. The van der Waals surface area contributed by atoms with E-state index >= 15 is 0 Å². The van der Waals surface area contributed by atoms with Gasteiger partial charge in [0.05, 0.1) is 17.1 Å². The summed E-state index contributed by atoms with van der Waals surface area (Å²) in [4.78, 5) is 45.8. The Hall–Kier alpha value is -3.46. The van der Waals surface area contributed by atoms with Gasteiger partial charge in [-0.05, 0) is 61.9 Å². The fourth-order valence-electron chi connectivity index (χ4n) is 4.39. The lowest BCUT2D eigenvalue weighted by Crippen LogP contribution is -2.33. The zero-order chi connectivity index (χ0) is 24.5. The van der Waals surface area contributed by atoms with Gasteiger partial charge in [0.25, 0.3) is 11.5 Å². The standard InChI is InChI=1S/C26H30N4O5/c1-15(2)13-30-23-22(25(32)29-26(30)33)20(12-21(28-23)16-5-6-16)24(31)27-17-7-9-18(10-8-17)35-14-19-4-3-11-34-19/h7-10,12,15-16,19H,3-6,11,13-14H2,1-2H3,(H,27,31)(H,29,32,33). The maximum absolute atomic E-state index is 13.4. The van der Waals surface area contributed by atoms with Crippen LogP contribution in [0.2, 0.25) is 0 Å². The van der Waals surface area contributed by atoms with Gasteiger partial charge in [-0.15, -0.1) is 0 Å². The van der Waals surface area contributed by atoms with E-state index in [0.717, 1.165) is 38.0 Å². The number of aromatic nitrogens is 3. The molecule has 0 radical (unpaired) electrons. The molecule has 9 heteroatoms. The predicted octanol–water partition coefficient (Wildman–Crippen LogP) is 3.43. The number of pyridine rings is 1. The topological polar surface area (TPSA) is 115 Å². The molecule has 184 valence electrons. The molecule has 1 saturated carbocycles. The Labute approximate surface area is 202 Å². The smallest absolute Gasteiger partial charge is 0.330 e. The molecule has 35 heavy (non-hydrogen) atoms. The van der Waals surface area contributed by atoms with Gasteiger partial charge in [-0.1, -0.05) is 13.8 Å². The Morgan fingerprint density at radius 3 is 2.66 bits per heavy atom. The number of H-pyrrole nitrogens is 1. The zero-order valence-corrected chi connectivity index (χ0v) is 20.0. The van der Waals surface area contributed by atoms with Crippen LogP contribution in [0.25, 0.3) is 11.0 Å². The SMILES string of the molecule is CC(C)Cn1c(=O)[nH]c(=O)c2c(C(=O)Nc3ccc(OCC4CCCO4)cc3)cc(C3CC3)nc21. The van der Waals surface area contributed by atoms with E-state index in [9.17, 15) is 14.4 Å². The molecule has 2 N–H and O–H groups in total. The van der Waals surface area contributed by atoms with Crippen LogP contribution in [0.5, 0.6) is 5.75 Å². The second-order valence-electron chi connectivity index (χ2n) is 9.76. The lowest BCUT2D eigenvalue weighted by molar-refractivity contribution is 0.0679. The van der Waals surface area contributed by atoms with Crippen molar-refractivity contribution >= 4 is 22.6 Å². The third-order valence-electron chi connectivity index (χ3n) is 6.33. The van der Waals surface area contributed by atoms with Gasteiger partial charge in [-0.2, -0.15) is 0 Å². The van der Waals surface area contributed by atoms with Crippen LogP contribution in [0, 0.1) is 5.92 Å². The molecule has 3 aromatic rings. The fourth-order valence-corrected chi connectivity index (χ4v) is 4.39. The minimum Gasteiger partial charge on any atom is -0.491 e. The van der Waals surface area contributed by atoms with Gasteiger partial charge < -0.3 is 14.8 Å². The molecule has 0 spiro atoms. The number of benzene rings is 1. The summed E-state index contributed by atoms with van der Waals surface area (Å²) in [5.74, 6) is 0.671. The first-order valence-corrected chi connectivity index (χ1v) is 12.2. The molecule has 2 aliphatic rings. The molecule has 1 aromatic carbocycles. The van der Waals surface area contributed by atoms with Gasteiger partial charge in [-0.3, -0.25) is 19.1 Å². The van der Waals surface area contributed by atoms with E-state index < -0.39 is 17.2 Å². The molecule has 2 aromatic heterocycles. The Bertz CT molecular complexity index is 1350. The highest BCUT2D eigenvalue weighted by atomic mass is 16.5. The number of anilines is 1. The highest BCUT2D eigenvalue weighted by molar-refractivity contribution is 6.11. The summed E-state index contributed by atoms with van der Waals surface area (Å²) in [5.41, 5.74) is 0.672. The van der Waals surface area contributed by atoms with E-state index in [0.29, 0.717) is 24.6 Å². The molecule has 1 aliphatic carbocycles. The highest BCUT2D eigenvalue weighted by Gasteiger charge is 2.29. The van der Waals surface area contributed by atoms with Crippen LogP contribution in [0.1, 0.15) is 61.5 Å².